The van der Waals surface area contributed by atoms with Crippen LogP contribution < -0.4 is 4.90 Å². The average Bonchev–Trinajstić information content (AvgIpc) is 3.06. The fourth-order valence-electron chi connectivity index (χ4n) is 2.26. The van der Waals surface area contributed by atoms with Crippen LogP contribution in [0.15, 0.2) is 35.7 Å². The van der Waals surface area contributed by atoms with Crippen molar-refractivity contribution >= 4 is 28.9 Å². The Morgan fingerprint density at radius 1 is 1.26 bits per heavy atom. The maximum absolute atomic E-state index is 12.3. The van der Waals surface area contributed by atoms with Crippen LogP contribution in [0.1, 0.15) is 25.6 Å². The highest BCUT2D eigenvalue weighted by molar-refractivity contribution is 7.12. The van der Waals surface area contributed by atoms with Crippen LogP contribution in [0.5, 0.6) is 0 Å². The molecule has 5 heteroatoms. The molecule has 1 aromatic carbocycles. The molecule has 19 heavy (non-hydrogen) atoms. The summed E-state index contributed by atoms with van der Waals surface area (Å²) in [5.41, 5.74) is 1.96. The quantitative estimate of drug-likeness (QED) is 0.915. The molecule has 0 saturated carbocycles. The first-order chi connectivity index (χ1) is 9.16. The van der Waals surface area contributed by atoms with Gasteiger partial charge in [0.2, 0.25) is 0 Å². The van der Waals surface area contributed by atoms with Crippen molar-refractivity contribution in [2.75, 3.05) is 11.4 Å². The number of amides is 1. The van der Waals surface area contributed by atoms with E-state index >= 15 is 0 Å². The number of carbonyl (C=O) groups excluding carboxylic acids is 1. The second kappa shape index (κ2) is 4.51. The number of rotatable bonds is 2. The van der Waals surface area contributed by atoms with Crippen molar-refractivity contribution in [3.8, 4) is 0 Å². The molecular weight excluding hydrogens is 262 g/mol. The summed E-state index contributed by atoms with van der Waals surface area (Å²) in [5.74, 6) is -1.03. The van der Waals surface area contributed by atoms with Crippen LogP contribution in [0, 0.1) is 0 Å². The summed E-state index contributed by atoms with van der Waals surface area (Å²) in [6.45, 7) is 0.606. The minimum absolute atomic E-state index is 0.0590. The van der Waals surface area contributed by atoms with Crippen LogP contribution in [-0.2, 0) is 6.42 Å². The largest absolute Gasteiger partial charge is 0.478 e. The highest BCUT2D eigenvalue weighted by Crippen LogP contribution is 2.31. The summed E-state index contributed by atoms with van der Waals surface area (Å²) in [7, 11) is 0. The van der Waals surface area contributed by atoms with Crippen LogP contribution >= 0.6 is 11.3 Å². The molecule has 0 radical (unpaired) electrons. The number of anilines is 1. The molecule has 0 fully saturated rings. The molecular formula is C14H11NO3S. The van der Waals surface area contributed by atoms with Crippen LogP contribution in [0.3, 0.4) is 0 Å². The number of carbonyl (C=O) groups is 2. The fourth-order valence-corrected chi connectivity index (χ4v) is 2.93. The number of thiophene rings is 1. The fraction of sp³-hybridized carbons (Fsp3) is 0.143. The van der Waals surface area contributed by atoms with E-state index in [1.54, 1.807) is 29.2 Å². The van der Waals surface area contributed by atoms with Gasteiger partial charge in [-0.3, -0.25) is 4.79 Å². The van der Waals surface area contributed by atoms with Gasteiger partial charge in [-0.15, -0.1) is 11.3 Å². The van der Waals surface area contributed by atoms with Crippen LogP contribution in [0.2, 0.25) is 0 Å². The Bertz CT molecular complexity index is 649. The third-order valence-electron chi connectivity index (χ3n) is 3.20. The van der Waals surface area contributed by atoms with Crippen LogP contribution in [0.25, 0.3) is 0 Å². The molecule has 2 heterocycles. The first kappa shape index (κ1) is 11.9. The second-order valence-corrected chi connectivity index (χ2v) is 5.28. The number of fused-ring (bicyclic) bond motifs is 1. The summed E-state index contributed by atoms with van der Waals surface area (Å²) in [6, 6.07) is 8.57. The average molecular weight is 273 g/mol. The summed E-state index contributed by atoms with van der Waals surface area (Å²) in [5, 5.41) is 10.9. The van der Waals surface area contributed by atoms with Gasteiger partial charge in [0.1, 0.15) is 0 Å². The van der Waals surface area contributed by atoms with E-state index in [-0.39, 0.29) is 11.5 Å². The molecule has 1 aromatic heterocycles. The Kier molecular flexibility index (Phi) is 2.83. The van der Waals surface area contributed by atoms with E-state index in [2.05, 4.69) is 0 Å². The standard InChI is InChI=1S/C14H11NO3S/c16-13(12-2-1-7-19-12)15-6-5-9-3-4-10(14(17)18)8-11(9)15/h1-4,7-8H,5-6H2,(H,17,18). The zero-order chi connectivity index (χ0) is 13.4. The maximum atomic E-state index is 12.3. The van der Waals surface area contributed by atoms with E-state index in [9.17, 15) is 9.59 Å². The molecule has 4 nitrogen and oxygen atoms in total. The lowest BCUT2D eigenvalue weighted by Crippen LogP contribution is -2.28. The Morgan fingerprint density at radius 2 is 2.11 bits per heavy atom. The summed E-state index contributed by atoms with van der Waals surface area (Å²) in [4.78, 5) is 25.7. The van der Waals surface area contributed by atoms with Gasteiger partial charge in [0.25, 0.3) is 5.91 Å². The summed E-state index contributed by atoms with van der Waals surface area (Å²) >= 11 is 1.40. The van der Waals surface area contributed by atoms with Gasteiger partial charge in [-0.2, -0.15) is 0 Å². The van der Waals surface area contributed by atoms with E-state index in [1.165, 1.54) is 11.3 Å². The molecule has 1 aliphatic heterocycles. The number of hydrogen-bond acceptors (Lipinski definition) is 3. The Hall–Kier alpha value is -2.14. The normalized spacial score (nSPS) is 13.4. The van der Waals surface area contributed by atoms with E-state index in [1.807, 2.05) is 11.4 Å². The minimum Gasteiger partial charge on any atom is -0.478 e. The van der Waals surface area contributed by atoms with Gasteiger partial charge in [-0.05, 0) is 35.6 Å². The van der Waals surface area contributed by atoms with Gasteiger partial charge in [0.05, 0.1) is 10.4 Å². The summed E-state index contributed by atoms with van der Waals surface area (Å²) in [6.07, 6.45) is 0.770. The van der Waals surface area contributed by atoms with Gasteiger partial charge in [0.15, 0.2) is 0 Å². The molecule has 0 aliphatic carbocycles. The Labute approximate surface area is 113 Å². The molecule has 0 atom stereocenters. The lowest BCUT2D eigenvalue weighted by molar-refractivity contribution is 0.0696. The monoisotopic (exact) mass is 273 g/mol. The highest BCUT2D eigenvalue weighted by Gasteiger charge is 2.26. The lowest BCUT2D eigenvalue weighted by Gasteiger charge is -2.16. The smallest absolute Gasteiger partial charge is 0.335 e. The van der Waals surface area contributed by atoms with Gasteiger partial charge in [0, 0.05) is 12.2 Å². The summed E-state index contributed by atoms with van der Waals surface area (Å²) < 4.78 is 0. The molecule has 1 aliphatic rings. The van der Waals surface area contributed by atoms with Gasteiger partial charge >= 0.3 is 5.97 Å². The molecule has 2 aromatic rings. The number of hydrogen-bond donors (Lipinski definition) is 1. The van der Waals surface area contributed by atoms with Gasteiger partial charge in [-0.1, -0.05) is 12.1 Å². The predicted octanol–water partition coefficient (Wildman–Crippen LogP) is 2.65. The molecule has 0 spiro atoms. The maximum Gasteiger partial charge on any atom is 0.335 e. The number of aromatic carboxylic acids is 1. The van der Waals surface area contributed by atoms with Crippen molar-refractivity contribution in [2.24, 2.45) is 0 Å². The van der Waals surface area contributed by atoms with Crippen molar-refractivity contribution in [3.63, 3.8) is 0 Å². The third-order valence-corrected chi connectivity index (χ3v) is 4.06. The number of carboxylic acid groups (broad SMARTS) is 1. The van der Waals surface area contributed by atoms with Crippen LogP contribution in [-0.4, -0.2) is 23.5 Å². The molecule has 0 saturated heterocycles. The lowest BCUT2D eigenvalue weighted by atomic mass is 10.1. The molecule has 96 valence electrons. The van der Waals surface area contributed by atoms with E-state index in [0.717, 1.165) is 17.7 Å². The second-order valence-electron chi connectivity index (χ2n) is 4.33. The molecule has 0 unspecified atom stereocenters. The van der Waals surface area contributed by atoms with E-state index < -0.39 is 5.97 Å². The van der Waals surface area contributed by atoms with Gasteiger partial charge < -0.3 is 10.0 Å². The van der Waals surface area contributed by atoms with Crippen LogP contribution in [0.4, 0.5) is 5.69 Å². The third kappa shape index (κ3) is 2.02. The topological polar surface area (TPSA) is 57.6 Å². The number of carboxylic acids is 1. The highest BCUT2D eigenvalue weighted by atomic mass is 32.1. The van der Waals surface area contributed by atoms with E-state index in [4.69, 9.17) is 5.11 Å². The number of benzene rings is 1. The zero-order valence-corrected chi connectivity index (χ0v) is 10.8. The number of nitrogens with zero attached hydrogens (tertiary/aromatic N) is 1. The predicted molar refractivity (Wildman–Crippen MR) is 73.1 cm³/mol. The van der Waals surface area contributed by atoms with Gasteiger partial charge in [-0.25, -0.2) is 4.79 Å². The van der Waals surface area contributed by atoms with Crippen molar-refractivity contribution < 1.29 is 14.7 Å². The van der Waals surface area contributed by atoms with E-state index in [0.29, 0.717) is 11.4 Å². The van der Waals surface area contributed by atoms with Crippen molar-refractivity contribution in [2.45, 2.75) is 6.42 Å². The zero-order valence-electron chi connectivity index (χ0n) is 10.00. The SMILES string of the molecule is O=C(O)c1ccc2c(c1)N(C(=O)c1cccs1)CC2. The molecule has 0 bridgehead atoms. The minimum atomic E-state index is -0.974. The van der Waals surface area contributed by atoms with Crippen molar-refractivity contribution in [1.82, 2.24) is 0 Å². The molecule has 1 amide bonds. The van der Waals surface area contributed by atoms with Crippen molar-refractivity contribution in [1.29, 1.82) is 0 Å². The Balaban J connectivity index is 1.99. The van der Waals surface area contributed by atoms with Crippen molar-refractivity contribution in [3.05, 3.63) is 51.7 Å². The molecule has 3 rings (SSSR count). The first-order valence-electron chi connectivity index (χ1n) is 5.88. The molecule has 1 N–H and O–H groups in total. The Morgan fingerprint density at radius 3 is 2.79 bits per heavy atom. The first-order valence-corrected chi connectivity index (χ1v) is 6.76.